The number of aliphatic carboxylic acids is 1. The molecule has 0 heterocycles. The predicted molar refractivity (Wildman–Crippen MR) is 118 cm³/mol. The normalized spacial score (nSPS) is 11.8. The highest BCUT2D eigenvalue weighted by atomic mass is 16.5. The first-order valence-electron chi connectivity index (χ1n) is 10.4. The first kappa shape index (κ1) is 23.7. The fraction of sp³-hybridized carbons (Fsp3) is 0.304. The van der Waals surface area contributed by atoms with Gasteiger partial charge < -0.3 is 30.5 Å². The van der Waals surface area contributed by atoms with Crippen LogP contribution in [0.5, 0.6) is 0 Å². The van der Waals surface area contributed by atoms with Crippen LogP contribution in [0, 0.1) is 0 Å². The Kier molecular flexibility index (Phi) is 8.36. The summed E-state index contributed by atoms with van der Waals surface area (Å²) < 4.78 is 10.5. The van der Waals surface area contributed by atoms with Crippen molar-refractivity contribution >= 4 is 23.9 Å². The van der Waals surface area contributed by atoms with Crippen LogP contribution in [0.4, 0.5) is 4.79 Å². The number of carboxylic acids is 1. The molecular formula is C23H25N3O7. The molecule has 3 rings (SSSR count). The summed E-state index contributed by atoms with van der Waals surface area (Å²) >= 11 is 0. The van der Waals surface area contributed by atoms with Gasteiger partial charge in [0.05, 0.1) is 13.2 Å². The average molecular weight is 455 g/mol. The van der Waals surface area contributed by atoms with Gasteiger partial charge in [-0.1, -0.05) is 48.5 Å². The molecule has 0 radical (unpaired) electrons. The first-order chi connectivity index (χ1) is 16.0. The van der Waals surface area contributed by atoms with E-state index in [1.807, 2.05) is 36.4 Å². The van der Waals surface area contributed by atoms with E-state index in [1.54, 1.807) is 0 Å². The Morgan fingerprint density at radius 2 is 1.42 bits per heavy atom. The molecule has 0 bridgehead atoms. The lowest BCUT2D eigenvalue weighted by molar-refractivity contribution is -0.137. The Balaban J connectivity index is 1.31. The molecule has 0 aliphatic heterocycles. The van der Waals surface area contributed by atoms with Crippen LogP contribution in [-0.2, 0) is 23.9 Å². The van der Waals surface area contributed by atoms with Crippen molar-refractivity contribution < 1.29 is 33.8 Å². The van der Waals surface area contributed by atoms with Gasteiger partial charge in [0, 0.05) is 12.5 Å². The van der Waals surface area contributed by atoms with Crippen molar-refractivity contribution in [2.75, 3.05) is 39.5 Å². The highest BCUT2D eigenvalue weighted by Crippen LogP contribution is 2.44. The van der Waals surface area contributed by atoms with E-state index in [0.717, 1.165) is 22.3 Å². The standard InChI is InChI=1S/C23H25N3O7/c27-20(26-12-22(29)30)11-25-21(28)14-32-10-9-24-23(31)33-13-19-17-7-3-1-5-15(17)16-6-2-4-8-18(16)19/h1-8,19H,9-14H2,(H,24,31)(H,25,28)(H,26,27)(H,29,30). The van der Waals surface area contributed by atoms with Gasteiger partial charge in [0.25, 0.3) is 0 Å². The van der Waals surface area contributed by atoms with Gasteiger partial charge >= 0.3 is 12.1 Å². The Bertz CT molecular complexity index is 979. The number of amides is 3. The maximum absolute atomic E-state index is 12.1. The molecule has 10 heteroatoms. The van der Waals surface area contributed by atoms with Gasteiger partial charge in [-0.25, -0.2) is 4.79 Å². The Labute approximate surface area is 190 Å². The van der Waals surface area contributed by atoms with Crippen LogP contribution in [0.3, 0.4) is 0 Å². The lowest BCUT2D eigenvalue weighted by atomic mass is 9.98. The maximum Gasteiger partial charge on any atom is 0.407 e. The van der Waals surface area contributed by atoms with Crippen molar-refractivity contribution in [3.8, 4) is 11.1 Å². The number of alkyl carbamates (subject to hydrolysis) is 1. The van der Waals surface area contributed by atoms with Crippen molar-refractivity contribution in [1.29, 1.82) is 0 Å². The Hall–Kier alpha value is -3.92. The topological polar surface area (TPSA) is 143 Å². The number of fused-ring (bicyclic) bond motifs is 3. The first-order valence-corrected chi connectivity index (χ1v) is 10.4. The van der Waals surface area contributed by atoms with Crippen LogP contribution >= 0.6 is 0 Å². The number of hydrogen-bond donors (Lipinski definition) is 4. The number of benzene rings is 2. The van der Waals surface area contributed by atoms with E-state index in [1.165, 1.54) is 0 Å². The zero-order valence-electron chi connectivity index (χ0n) is 17.8. The summed E-state index contributed by atoms with van der Waals surface area (Å²) in [5.41, 5.74) is 4.54. The molecule has 0 aromatic heterocycles. The van der Waals surface area contributed by atoms with Gasteiger partial charge in [-0.2, -0.15) is 0 Å². The van der Waals surface area contributed by atoms with Crippen molar-refractivity contribution in [2.45, 2.75) is 5.92 Å². The molecule has 0 atom stereocenters. The van der Waals surface area contributed by atoms with E-state index in [-0.39, 0.29) is 38.8 Å². The van der Waals surface area contributed by atoms with Crippen LogP contribution in [0.2, 0.25) is 0 Å². The predicted octanol–water partition coefficient (Wildman–Crippen LogP) is 0.859. The van der Waals surface area contributed by atoms with Crippen LogP contribution in [0.25, 0.3) is 11.1 Å². The van der Waals surface area contributed by atoms with Crippen LogP contribution in [-0.4, -0.2) is 68.4 Å². The summed E-state index contributed by atoms with van der Waals surface area (Å²) in [5, 5.41) is 15.4. The van der Waals surface area contributed by atoms with Gasteiger partial charge in [-0.05, 0) is 22.3 Å². The number of rotatable bonds is 11. The molecule has 2 aromatic carbocycles. The average Bonchev–Trinajstić information content (AvgIpc) is 3.13. The minimum absolute atomic E-state index is 0.0317. The third-order valence-corrected chi connectivity index (χ3v) is 4.98. The SMILES string of the molecule is O=C(O)CNC(=O)CNC(=O)COCCNC(=O)OCC1c2ccccc2-c2ccccc21. The van der Waals surface area contributed by atoms with Gasteiger partial charge in [-0.3, -0.25) is 14.4 Å². The highest BCUT2D eigenvalue weighted by molar-refractivity contribution is 5.87. The third-order valence-electron chi connectivity index (χ3n) is 4.98. The molecule has 33 heavy (non-hydrogen) atoms. The fourth-order valence-corrected chi connectivity index (χ4v) is 3.51. The summed E-state index contributed by atoms with van der Waals surface area (Å²) in [6.07, 6.45) is -0.583. The van der Waals surface area contributed by atoms with E-state index >= 15 is 0 Å². The summed E-state index contributed by atoms with van der Waals surface area (Å²) in [6, 6.07) is 16.1. The zero-order chi connectivity index (χ0) is 23.6. The minimum atomic E-state index is -1.18. The summed E-state index contributed by atoms with van der Waals surface area (Å²) in [4.78, 5) is 45.3. The van der Waals surface area contributed by atoms with Gasteiger partial charge in [0.15, 0.2) is 0 Å². The largest absolute Gasteiger partial charge is 0.480 e. The summed E-state index contributed by atoms with van der Waals surface area (Å²) in [5.74, 6) is -2.37. The maximum atomic E-state index is 12.1. The lowest BCUT2D eigenvalue weighted by Gasteiger charge is -2.14. The Morgan fingerprint density at radius 1 is 0.818 bits per heavy atom. The summed E-state index contributed by atoms with van der Waals surface area (Å²) in [7, 11) is 0. The molecule has 4 N–H and O–H groups in total. The van der Waals surface area contributed by atoms with E-state index in [0.29, 0.717) is 0 Å². The van der Waals surface area contributed by atoms with Crippen LogP contribution in [0.15, 0.2) is 48.5 Å². The highest BCUT2D eigenvalue weighted by Gasteiger charge is 2.28. The third kappa shape index (κ3) is 6.78. The second kappa shape index (κ2) is 11.6. The zero-order valence-corrected chi connectivity index (χ0v) is 17.8. The smallest absolute Gasteiger partial charge is 0.407 e. The second-order valence-electron chi connectivity index (χ2n) is 7.25. The number of carbonyl (C=O) groups excluding carboxylic acids is 3. The van der Waals surface area contributed by atoms with E-state index in [2.05, 4.69) is 28.1 Å². The van der Waals surface area contributed by atoms with Gasteiger partial charge in [0.2, 0.25) is 11.8 Å². The molecule has 10 nitrogen and oxygen atoms in total. The molecule has 1 aliphatic rings. The molecule has 1 aliphatic carbocycles. The molecule has 0 saturated carbocycles. The number of carboxylic acid groups (broad SMARTS) is 1. The molecule has 0 saturated heterocycles. The lowest BCUT2D eigenvalue weighted by Crippen LogP contribution is -2.40. The number of ether oxygens (including phenoxy) is 2. The quantitative estimate of drug-likeness (QED) is 0.368. The van der Waals surface area contributed by atoms with Crippen LogP contribution in [0.1, 0.15) is 17.0 Å². The van der Waals surface area contributed by atoms with E-state index < -0.39 is 30.4 Å². The number of hydrogen-bond acceptors (Lipinski definition) is 6. The molecule has 174 valence electrons. The molecule has 3 amide bonds. The number of carbonyl (C=O) groups is 4. The van der Waals surface area contributed by atoms with Gasteiger partial charge in [-0.15, -0.1) is 0 Å². The van der Waals surface area contributed by atoms with Crippen LogP contribution < -0.4 is 16.0 Å². The fourth-order valence-electron chi connectivity index (χ4n) is 3.51. The van der Waals surface area contributed by atoms with Crippen molar-refractivity contribution in [3.05, 3.63) is 59.7 Å². The van der Waals surface area contributed by atoms with E-state index in [4.69, 9.17) is 14.6 Å². The monoisotopic (exact) mass is 455 g/mol. The van der Waals surface area contributed by atoms with E-state index in [9.17, 15) is 19.2 Å². The molecule has 2 aromatic rings. The van der Waals surface area contributed by atoms with Crippen molar-refractivity contribution in [2.24, 2.45) is 0 Å². The minimum Gasteiger partial charge on any atom is -0.480 e. The molecule has 0 unspecified atom stereocenters. The Morgan fingerprint density at radius 3 is 2.06 bits per heavy atom. The molecule has 0 spiro atoms. The molecule has 0 fully saturated rings. The van der Waals surface area contributed by atoms with Crippen molar-refractivity contribution in [1.82, 2.24) is 16.0 Å². The second-order valence-corrected chi connectivity index (χ2v) is 7.25. The molecular weight excluding hydrogens is 430 g/mol. The van der Waals surface area contributed by atoms with Gasteiger partial charge in [0.1, 0.15) is 19.8 Å². The van der Waals surface area contributed by atoms with Crippen molar-refractivity contribution in [3.63, 3.8) is 0 Å². The summed E-state index contributed by atoms with van der Waals surface area (Å²) in [6.45, 7) is -0.766. The number of nitrogens with one attached hydrogen (secondary N) is 3.